The van der Waals surface area contributed by atoms with Crippen molar-refractivity contribution in [3.05, 3.63) is 57.6 Å². The van der Waals surface area contributed by atoms with Gasteiger partial charge >= 0.3 is 6.18 Å². The predicted molar refractivity (Wildman–Crippen MR) is 116 cm³/mol. The number of amides is 1. The number of nitrogens with zero attached hydrogens (tertiary/aromatic N) is 3. The molecule has 0 bridgehead atoms. The number of carbonyl (C=O) groups excluding carboxylic acids is 1. The third-order valence-electron chi connectivity index (χ3n) is 6.92. The standard InChI is InChI=1S/C23H26ClF4N3O2/c1-21(2,33)15-5-4-14(12-17(15)25)20(32)30-8-6-22(7-9-30)19-16(24)13-18(23(26,27)28)31(19)11-10-29(22)3/h4-5,12-13,33H,6-11H2,1-3H3. The van der Waals surface area contributed by atoms with E-state index < -0.39 is 28.8 Å². The van der Waals surface area contributed by atoms with Crippen LogP contribution in [0, 0.1) is 5.82 Å². The van der Waals surface area contributed by atoms with Crippen molar-refractivity contribution in [2.24, 2.45) is 0 Å². The molecular weight excluding hydrogens is 462 g/mol. The van der Waals surface area contributed by atoms with Crippen LogP contribution in [0.1, 0.15) is 54.0 Å². The number of fused-ring (bicyclic) bond motifs is 2. The van der Waals surface area contributed by atoms with Gasteiger partial charge in [0, 0.05) is 37.3 Å². The summed E-state index contributed by atoms with van der Waals surface area (Å²) in [6.07, 6.45) is -3.70. The highest BCUT2D eigenvalue weighted by Gasteiger charge is 2.49. The van der Waals surface area contributed by atoms with E-state index in [9.17, 15) is 27.5 Å². The lowest BCUT2D eigenvalue weighted by Gasteiger charge is -2.50. The van der Waals surface area contributed by atoms with Gasteiger partial charge in [-0.3, -0.25) is 9.69 Å². The Morgan fingerprint density at radius 2 is 1.73 bits per heavy atom. The van der Waals surface area contributed by atoms with Gasteiger partial charge in [-0.15, -0.1) is 0 Å². The van der Waals surface area contributed by atoms with E-state index in [2.05, 4.69) is 0 Å². The molecule has 0 unspecified atom stereocenters. The first-order valence-corrected chi connectivity index (χ1v) is 11.1. The fourth-order valence-corrected chi connectivity index (χ4v) is 5.51. The van der Waals surface area contributed by atoms with Crippen molar-refractivity contribution < 1.29 is 27.5 Å². The quantitative estimate of drug-likeness (QED) is 0.630. The lowest BCUT2D eigenvalue weighted by molar-refractivity contribution is -0.144. The number of halogens is 5. The van der Waals surface area contributed by atoms with Gasteiger partial charge in [0.2, 0.25) is 0 Å². The molecule has 2 aromatic rings. The summed E-state index contributed by atoms with van der Waals surface area (Å²) in [6.45, 7) is 4.12. The van der Waals surface area contributed by atoms with Crippen LogP contribution in [0.5, 0.6) is 0 Å². The van der Waals surface area contributed by atoms with Crippen LogP contribution in [0.15, 0.2) is 24.3 Å². The Hall–Kier alpha value is -2.10. The Morgan fingerprint density at radius 1 is 1.09 bits per heavy atom. The van der Waals surface area contributed by atoms with Crippen LogP contribution in [0.4, 0.5) is 17.6 Å². The zero-order chi connectivity index (χ0) is 24.3. The normalized spacial score (nSPS) is 19.1. The van der Waals surface area contributed by atoms with E-state index in [0.717, 1.165) is 12.1 Å². The highest BCUT2D eigenvalue weighted by molar-refractivity contribution is 6.31. The Balaban J connectivity index is 1.59. The molecule has 0 saturated carbocycles. The second-order valence-corrected chi connectivity index (χ2v) is 9.78. The molecule has 10 heteroatoms. The van der Waals surface area contributed by atoms with Crippen molar-refractivity contribution in [1.29, 1.82) is 0 Å². The Bertz CT molecular complexity index is 1080. The van der Waals surface area contributed by atoms with E-state index in [1.165, 1.54) is 30.5 Å². The first kappa shape index (κ1) is 24.0. The van der Waals surface area contributed by atoms with Gasteiger partial charge in [0.15, 0.2) is 0 Å². The molecule has 33 heavy (non-hydrogen) atoms. The summed E-state index contributed by atoms with van der Waals surface area (Å²) in [4.78, 5) is 16.6. The van der Waals surface area contributed by atoms with Crippen LogP contribution in [0.3, 0.4) is 0 Å². The van der Waals surface area contributed by atoms with E-state index in [4.69, 9.17) is 11.6 Å². The number of aliphatic hydroxyl groups is 1. The van der Waals surface area contributed by atoms with E-state index in [0.29, 0.717) is 38.2 Å². The topological polar surface area (TPSA) is 48.7 Å². The van der Waals surface area contributed by atoms with Crippen molar-refractivity contribution in [2.45, 2.75) is 50.6 Å². The molecule has 2 aliphatic rings. The first-order chi connectivity index (χ1) is 15.3. The predicted octanol–water partition coefficient (Wildman–Crippen LogP) is 4.60. The van der Waals surface area contributed by atoms with Crippen molar-refractivity contribution in [3.63, 3.8) is 0 Å². The van der Waals surface area contributed by atoms with Crippen LogP contribution in [0.25, 0.3) is 0 Å². The molecule has 1 amide bonds. The summed E-state index contributed by atoms with van der Waals surface area (Å²) in [5.74, 6) is -1.03. The van der Waals surface area contributed by atoms with Gasteiger partial charge in [0.1, 0.15) is 11.5 Å². The third-order valence-corrected chi connectivity index (χ3v) is 7.21. The van der Waals surface area contributed by atoms with Crippen LogP contribution in [0.2, 0.25) is 5.02 Å². The van der Waals surface area contributed by atoms with Crippen molar-refractivity contribution >= 4 is 17.5 Å². The number of hydrogen-bond donors (Lipinski definition) is 1. The Kier molecular flexibility index (Phi) is 5.82. The SMILES string of the molecule is CN1CCn2c(C(F)(F)F)cc(Cl)c2C12CCN(C(=O)c1ccc(C(C)(C)O)c(F)c1)CC2. The highest BCUT2D eigenvalue weighted by atomic mass is 35.5. The molecule has 1 aromatic carbocycles. The van der Waals surface area contributed by atoms with Gasteiger partial charge in [-0.2, -0.15) is 13.2 Å². The molecule has 2 aliphatic heterocycles. The van der Waals surface area contributed by atoms with E-state index >= 15 is 0 Å². The van der Waals surface area contributed by atoms with Crippen LogP contribution in [-0.4, -0.2) is 52.1 Å². The number of alkyl halides is 3. The lowest BCUT2D eigenvalue weighted by Crippen LogP contribution is -2.57. The molecule has 4 rings (SSSR count). The van der Waals surface area contributed by atoms with Gasteiger partial charge in [0.05, 0.1) is 21.9 Å². The number of rotatable bonds is 2. The minimum Gasteiger partial charge on any atom is -0.386 e. The van der Waals surface area contributed by atoms with Gasteiger partial charge in [0.25, 0.3) is 5.91 Å². The van der Waals surface area contributed by atoms with Crippen LogP contribution >= 0.6 is 11.6 Å². The molecule has 1 fully saturated rings. The molecule has 5 nitrogen and oxygen atoms in total. The summed E-state index contributed by atoms with van der Waals surface area (Å²) in [6, 6.07) is 4.98. The lowest BCUT2D eigenvalue weighted by atomic mass is 9.81. The zero-order valence-electron chi connectivity index (χ0n) is 18.6. The number of piperidine rings is 1. The summed E-state index contributed by atoms with van der Waals surface area (Å²) in [5, 5.41) is 10.1. The molecule has 0 radical (unpaired) electrons. The zero-order valence-corrected chi connectivity index (χ0v) is 19.4. The molecule has 1 saturated heterocycles. The number of likely N-dealkylation sites (tertiary alicyclic amines) is 1. The van der Waals surface area contributed by atoms with Gasteiger partial charge in [-0.25, -0.2) is 4.39 Å². The maximum atomic E-state index is 14.5. The maximum Gasteiger partial charge on any atom is 0.431 e. The smallest absolute Gasteiger partial charge is 0.386 e. The molecule has 0 aliphatic carbocycles. The third kappa shape index (κ3) is 4.04. The molecule has 180 valence electrons. The van der Waals surface area contributed by atoms with Crippen LogP contribution in [-0.2, 0) is 23.9 Å². The molecular formula is C23H26ClF4N3O2. The number of aromatic nitrogens is 1. The summed E-state index contributed by atoms with van der Waals surface area (Å²) >= 11 is 6.33. The minimum atomic E-state index is -4.50. The minimum absolute atomic E-state index is 0.0814. The van der Waals surface area contributed by atoms with Gasteiger partial charge < -0.3 is 14.6 Å². The van der Waals surface area contributed by atoms with Crippen molar-refractivity contribution in [3.8, 4) is 0 Å². The fraction of sp³-hybridized carbons (Fsp3) is 0.522. The number of benzene rings is 1. The second-order valence-electron chi connectivity index (χ2n) is 9.37. The first-order valence-electron chi connectivity index (χ1n) is 10.8. The van der Waals surface area contributed by atoms with E-state index in [1.54, 1.807) is 4.90 Å². The average molecular weight is 488 g/mol. The largest absolute Gasteiger partial charge is 0.431 e. The van der Waals surface area contributed by atoms with E-state index in [-0.39, 0.29) is 28.6 Å². The molecule has 3 heterocycles. The van der Waals surface area contributed by atoms with Crippen LogP contribution < -0.4 is 0 Å². The number of likely N-dealkylation sites (N-methyl/N-ethyl adjacent to an activating group) is 1. The Morgan fingerprint density at radius 3 is 2.27 bits per heavy atom. The molecule has 0 atom stereocenters. The van der Waals surface area contributed by atoms with E-state index in [1.807, 2.05) is 11.9 Å². The average Bonchev–Trinajstić information content (AvgIpc) is 3.08. The molecule has 1 spiro atoms. The summed E-state index contributed by atoms with van der Waals surface area (Å²) in [7, 11) is 1.86. The van der Waals surface area contributed by atoms with Crippen molar-refractivity contribution in [2.75, 3.05) is 26.7 Å². The fourth-order valence-electron chi connectivity index (χ4n) is 5.13. The molecule has 1 N–H and O–H groups in total. The highest BCUT2D eigenvalue weighted by Crippen LogP contribution is 2.47. The molecule has 1 aromatic heterocycles. The monoisotopic (exact) mass is 487 g/mol. The number of carbonyl (C=O) groups is 1. The van der Waals surface area contributed by atoms with Gasteiger partial charge in [-0.1, -0.05) is 17.7 Å². The Labute approximate surface area is 194 Å². The second kappa shape index (κ2) is 7.99. The van der Waals surface area contributed by atoms with Gasteiger partial charge in [-0.05, 0) is 51.9 Å². The summed E-state index contributed by atoms with van der Waals surface area (Å²) in [5.41, 5.74) is -2.15. The summed E-state index contributed by atoms with van der Waals surface area (Å²) < 4.78 is 56.4. The van der Waals surface area contributed by atoms with Crippen molar-refractivity contribution in [1.82, 2.24) is 14.4 Å². The maximum absolute atomic E-state index is 14.5. The number of hydrogen-bond acceptors (Lipinski definition) is 3.